The van der Waals surface area contributed by atoms with E-state index in [9.17, 15) is 9.59 Å². The highest BCUT2D eigenvalue weighted by Crippen LogP contribution is 2.33. The SMILES string of the molecule is CCNC(=O)NS(C[C@@H](C)C/C=C/CC1CCC1)=NC(=O)c1ccc2c(c1)N(C)C[C@@H](CCCc1cccc(Cl)c1)CO2. The number of carbonyl (C=O) groups excluding carboxylic acids is 2. The van der Waals surface area contributed by atoms with Gasteiger partial charge in [0.25, 0.3) is 5.91 Å². The van der Waals surface area contributed by atoms with Crippen LogP contribution in [0.2, 0.25) is 5.02 Å². The number of fused-ring (bicyclic) bond motifs is 1. The number of nitrogens with zero attached hydrogens (tertiary/aromatic N) is 2. The van der Waals surface area contributed by atoms with Crippen LogP contribution in [0.4, 0.5) is 10.5 Å². The van der Waals surface area contributed by atoms with Crippen molar-refractivity contribution in [3.8, 4) is 5.75 Å². The Kier molecular flexibility index (Phi) is 13.0. The van der Waals surface area contributed by atoms with Crippen LogP contribution in [0, 0.1) is 17.8 Å². The zero-order valence-electron chi connectivity index (χ0n) is 25.8. The minimum Gasteiger partial charge on any atom is -0.491 e. The fraction of sp³-hybridized carbons (Fsp3) is 0.529. The Hall–Kier alpha value is -2.84. The molecule has 0 aromatic heterocycles. The molecule has 2 aromatic rings. The Morgan fingerprint density at radius 1 is 1.19 bits per heavy atom. The van der Waals surface area contributed by atoms with Crippen LogP contribution >= 0.6 is 11.6 Å². The van der Waals surface area contributed by atoms with Gasteiger partial charge >= 0.3 is 6.03 Å². The number of nitrogens with one attached hydrogen (secondary N) is 2. The number of benzene rings is 2. The van der Waals surface area contributed by atoms with E-state index in [0.29, 0.717) is 30.4 Å². The van der Waals surface area contributed by atoms with E-state index >= 15 is 0 Å². The molecule has 0 radical (unpaired) electrons. The predicted molar refractivity (Wildman–Crippen MR) is 179 cm³/mol. The summed E-state index contributed by atoms with van der Waals surface area (Å²) in [5.41, 5.74) is 2.64. The van der Waals surface area contributed by atoms with Crippen molar-refractivity contribution in [3.63, 3.8) is 0 Å². The normalized spacial score (nSPS) is 18.3. The molecule has 0 spiro atoms. The number of ether oxygens (including phenoxy) is 1. The molecule has 43 heavy (non-hydrogen) atoms. The van der Waals surface area contributed by atoms with Crippen LogP contribution in [0.3, 0.4) is 0 Å². The van der Waals surface area contributed by atoms with E-state index in [0.717, 1.165) is 61.0 Å². The van der Waals surface area contributed by atoms with E-state index in [2.05, 4.69) is 44.4 Å². The summed E-state index contributed by atoms with van der Waals surface area (Å²) in [5, 5.41) is 3.54. The third-order valence-electron chi connectivity index (χ3n) is 8.17. The molecule has 9 heteroatoms. The molecule has 1 aliphatic heterocycles. The van der Waals surface area contributed by atoms with Gasteiger partial charge in [0.15, 0.2) is 0 Å². The summed E-state index contributed by atoms with van der Waals surface area (Å²) in [6, 6.07) is 13.3. The van der Waals surface area contributed by atoms with Gasteiger partial charge in [-0.15, -0.1) is 0 Å². The number of hydrogen-bond acceptors (Lipinski definition) is 4. The fourth-order valence-electron chi connectivity index (χ4n) is 5.52. The third-order valence-corrected chi connectivity index (χ3v) is 10.1. The van der Waals surface area contributed by atoms with Crippen molar-refractivity contribution in [3.05, 3.63) is 70.8 Å². The lowest BCUT2D eigenvalue weighted by atomic mass is 9.83. The summed E-state index contributed by atoms with van der Waals surface area (Å²) in [4.78, 5) is 27.9. The second kappa shape index (κ2) is 16.9. The maximum absolute atomic E-state index is 13.4. The average molecular weight is 627 g/mol. The summed E-state index contributed by atoms with van der Waals surface area (Å²) >= 11 is 6.14. The molecule has 1 saturated carbocycles. The van der Waals surface area contributed by atoms with Gasteiger partial charge in [0, 0.05) is 53.3 Å². The first-order valence-electron chi connectivity index (χ1n) is 15.7. The maximum atomic E-state index is 13.4. The first-order chi connectivity index (χ1) is 20.8. The smallest absolute Gasteiger partial charge is 0.325 e. The lowest BCUT2D eigenvalue weighted by Gasteiger charge is -2.23. The van der Waals surface area contributed by atoms with E-state index in [1.165, 1.54) is 24.8 Å². The van der Waals surface area contributed by atoms with Crippen molar-refractivity contribution in [2.45, 2.75) is 65.2 Å². The van der Waals surface area contributed by atoms with Crippen LogP contribution in [-0.4, -0.2) is 44.4 Å². The van der Waals surface area contributed by atoms with Crippen LogP contribution < -0.4 is 19.7 Å². The topological polar surface area (TPSA) is 83.0 Å². The summed E-state index contributed by atoms with van der Waals surface area (Å²) < 4.78 is 13.6. The Bertz CT molecular complexity index is 1300. The number of anilines is 1. The Morgan fingerprint density at radius 2 is 2.02 bits per heavy atom. The fourth-order valence-corrected chi connectivity index (χ4v) is 7.20. The molecule has 2 N–H and O–H groups in total. The van der Waals surface area contributed by atoms with Crippen molar-refractivity contribution in [1.29, 1.82) is 0 Å². The highest BCUT2D eigenvalue weighted by atomic mass is 35.5. The van der Waals surface area contributed by atoms with E-state index in [4.69, 9.17) is 16.3 Å². The molecule has 2 aliphatic rings. The van der Waals surface area contributed by atoms with Crippen LogP contribution in [0.1, 0.15) is 74.7 Å². The first-order valence-corrected chi connectivity index (χ1v) is 17.4. The standard InChI is InChI=1S/C34H47ClN4O3S/c1-4-36-34(41)38-43(24-25(2)10-5-6-11-26-12-7-13-26)37-33(40)29-18-19-32-31(21-29)39(3)22-28(23-42-32)16-8-14-27-15-9-17-30(35)20-27/h5-6,9,15,17-21,25-26,28H,4,7-8,10-14,16,22-24H2,1-3H3,(H2,36,37,38,40,41)/b6-5+/t25-,28+,43?/m0/s1. The molecule has 3 atom stereocenters. The minimum atomic E-state index is -0.936. The molecule has 3 amide bonds. The van der Waals surface area contributed by atoms with E-state index in [1.807, 2.05) is 44.3 Å². The highest BCUT2D eigenvalue weighted by molar-refractivity contribution is 7.86. The van der Waals surface area contributed by atoms with Crippen LogP contribution in [0.25, 0.3) is 0 Å². The number of urea groups is 1. The Morgan fingerprint density at radius 3 is 2.77 bits per heavy atom. The summed E-state index contributed by atoms with van der Waals surface area (Å²) in [5.74, 6) is 2.56. The second-order valence-corrected chi connectivity index (χ2v) is 13.9. The molecule has 7 nitrogen and oxygen atoms in total. The zero-order valence-corrected chi connectivity index (χ0v) is 27.4. The monoisotopic (exact) mass is 626 g/mol. The molecule has 0 saturated heterocycles. The lowest BCUT2D eigenvalue weighted by molar-refractivity contribution is 0.100. The molecule has 1 aliphatic carbocycles. The van der Waals surface area contributed by atoms with Gasteiger partial charge in [-0.05, 0) is 86.8 Å². The van der Waals surface area contributed by atoms with Crippen LogP contribution in [0.15, 0.2) is 59.0 Å². The van der Waals surface area contributed by atoms with Gasteiger partial charge in [0.2, 0.25) is 0 Å². The van der Waals surface area contributed by atoms with Crippen LogP contribution in [-0.2, 0) is 17.3 Å². The van der Waals surface area contributed by atoms with Crippen LogP contribution in [0.5, 0.6) is 5.75 Å². The van der Waals surface area contributed by atoms with Crippen molar-refractivity contribution < 1.29 is 14.3 Å². The molecule has 1 unspecified atom stereocenters. The van der Waals surface area contributed by atoms with Crippen molar-refractivity contribution in [2.75, 3.05) is 37.4 Å². The Balaban J connectivity index is 1.37. The van der Waals surface area contributed by atoms with Gasteiger partial charge in [-0.1, -0.05) is 62.1 Å². The molecule has 0 bridgehead atoms. The van der Waals surface area contributed by atoms with Gasteiger partial charge < -0.3 is 15.0 Å². The summed E-state index contributed by atoms with van der Waals surface area (Å²) in [7, 11) is 1.11. The Labute approximate surface area is 265 Å². The number of allylic oxidation sites excluding steroid dienone is 2. The number of rotatable bonds is 13. The van der Waals surface area contributed by atoms with Gasteiger partial charge in [0.1, 0.15) is 5.75 Å². The highest BCUT2D eigenvalue weighted by Gasteiger charge is 2.22. The molecule has 4 rings (SSSR count). The largest absolute Gasteiger partial charge is 0.491 e. The van der Waals surface area contributed by atoms with Gasteiger partial charge in [-0.2, -0.15) is 4.36 Å². The maximum Gasteiger partial charge on any atom is 0.325 e. The molecule has 1 heterocycles. The van der Waals surface area contributed by atoms with Crippen molar-refractivity contribution in [2.24, 2.45) is 22.1 Å². The quantitative estimate of drug-likeness (QED) is 0.223. The lowest BCUT2D eigenvalue weighted by Crippen LogP contribution is -2.38. The minimum absolute atomic E-state index is 0.279. The van der Waals surface area contributed by atoms with E-state index < -0.39 is 10.9 Å². The number of hydrogen-bond donors (Lipinski definition) is 2. The number of carbonyl (C=O) groups is 2. The molecule has 2 aromatic carbocycles. The summed E-state index contributed by atoms with van der Waals surface area (Å²) in [6.07, 6.45) is 13.7. The van der Waals surface area contributed by atoms with Crippen molar-refractivity contribution in [1.82, 2.24) is 10.0 Å². The van der Waals surface area contributed by atoms with E-state index in [-0.39, 0.29) is 17.9 Å². The van der Waals surface area contributed by atoms with Gasteiger partial charge in [-0.3, -0.25) is 9.52 Å². The number of amides is 3. The number of halogens is 1. The first kappa shape index (κ1) is 33.1. The van der Waals surface area contributed by atoms with Gasteiger partial charge in [0.05, 0.1) is 12.3 Å². The predicted octanol–water partition coefficient (Wildman–Crippen LogP) is 7.76. The zero-order chi connectivity index (χ0) is 30.6. The molecular formula is C34H47ClN4O3S. The van der Waals surface area contributed by atoms with Gasteiger partial charge in [-0.25, -0.2) is 4.79 Å². The van der Waals surface area contributed by atoms with E-state index in [1.54, 1.807) is 6.07 Å². The second-order valence-electron chi connectivity index (χ2n) is 12.0. The summed E-state index contributed by atoms with van der Waals surface area (Å²) in [6.45, 7) is 6.00. The molecule has 234 valence electrons. The van der Waals surface area contributed by atoms with Crippen molar-refractivity contribution >= 4 is 40.1 Å². The number of aryl methyl sites for hydroxylation is 1. The third kappa shape index (κ3) is 10.7. The average Bonchev–Trinajstić information content (AvgIpc) is 3.10. The molecular weight excluding hydrogens is 580 g/mol. The molecule has 1 fully saturated rings.